The normalized spacial score (nSPS) is 14.6. The molecule has 1 aromatic heterocycles. The minimum absolute atomic E-state index is 0.0921. The summed E-state index contributed by atoms with van der Waals surface area (Å²) in [4.78, 5) is 42.0. The fraction of sp³-hybridized carbons (Fsp3) is 0.296. The van der Waals surface area contributed by atoms with Crippen molar-refractivity contribution in [2.75, 3.05) is 32.8 Å². The van der Waals surface area contributed by atoms with E-state index in [9.17, 15) is 22.8 Å². The van der Waals surface area contributed by atoms with Crippen molar-refractivity contribution < 1.29 is 32.0 Å². The number of ether oxygens (including phenoxy) is 1. The Kier molecular flexibility index (Phi) is 8.16. The summed E-state index contributed by atoms with van der Waals surface area (Å²) in [7, 11) is -4.29. The van der Waals surface area contributed by atoms with Gasteiger partial charge in [0.25, 0.3) is 17.7 Å². The van der Waals surface area contributed by atoms with Crippen LogP contribution in [0.4, 0.5) is 0 Å². The third kappa shape index (κ3) is 5.88. The first-order valence-electron chi connectivity index (χ1n) is 12.2. The number of aryl methyl sites for hydroxylation is 1. The van der Waals surface area contributed by atoms with E-state index >= 15 is 0 Å². The lowest BCUT2D eigenvalue weighted by Gasteiger charge is -2.36. The highest BCUT2D eigenvalue weighted by Crippen LogP contribution is 2.20. The number of benzene rings is 2. The van der Waals surface area contributed by atoms with Gasteiger partial charge in [-0.2, -0.15) is 0 Å². The maximum absolute atomic E-state index is 13.5. The van der Waals surface area contributed by atoms with Crippen molar-refractivity contribution in [2.45, 2.75) is 24.1 Å². The smallest absolute Gasteiger partial charge is 0.288 e. The molecule has 2 heterocycles. The summed E-state index contributed by atoms with van der Waals surface area (Å²) in [6, 6.07) is 15.7. The molecule has 11 heteroatoms. The lowest BCUT2D eigenvalue weighted by Crippen LogP contribution is -2.57. The van der Waals surface area contributed by atoms with Crippen LogP contribution < -0.4 is 10.1 Å². The molecule has 1 fully saturated rings. The van der Waals surface area contributed by atoms with Gasteiger partial charge in [-0.25, -0.2) is 8.42 Å². The molecule has 0 saturated carbocycles. The average molecular weight is 540 g/mol. The van der Waals surface area contributed by atoms with Gasteiger partial charge < -0.3 is 24.3 Å². The Balaban J connectivity index is 1.49. The topological polar surface area (TPSA) is 126 Å². The predicted octanol–water partition coefficient (Wildman–Crippen LogP) is 2.50. The molecule has 1 aliphatic rings. The number of piperazine rings is 1. The molecule has 0 radical (unpaired) electrons. The van der Waals surface area contributed by atoms with Crippen molar-refractivity contribution in [2.24, 2.45) is 0 Å². The molecule has 2 aromatic carbocycles. The summed E-state index contributed by atoms with van der Waals surface area (Å²) >= 11 is 0. The standard InChI is InChI=1S/C27H29N3O7S/c1-3-36-21-10-8-20(9-11-21)26(32)29-14-16-30(17-15-29)27(33)25(28-24(31)23-5-4-18-37-23)38(34,35)22-12-6-19(2)7-13-22/h4-13,18,25H,3,14-17H2,1-2H3,(H,28,31)/t25-/m0/s1. The van der Waals surface area contributed by atoms with E-state index in [1.165, 1.54) is 35.4 Å². The zero-order valence-corrected chi connectivity index (χ0v) is 21.9. The van der Waals surface area contributed by atoms with E-state index < -0.39 is 27.0 Å². The first-order valence-corrected chi connectivity index (χ1v) is 13.7. The first-order chi connectivity index (χ1) is 18.2. The number of amides is 3. The number of furan rings is 1. The van der Waals surface area contributed by atoms with Gasteiger partial charge in [-0.05, 0) is 62.4 Å². The molecule has 3 amide bonds. The quantitative estimate of drug-likeness (QED) is 0.466. The Morgan fingerprint density at radius 3 is 2.16 bits per heavy atom. The summed E-state index contributed by atoms with van der Waals surface area (Å²) < 4.78 is 37.5. The number of sulfone groups is 1. The lowest BCUT2D eigenvalue weighted by atomic mass is 10.1. The van der Waals surface area contributed by atoms with E-state index in [0.29, 0.717) is 17.9 Å². The second-order valence-electron chi connectivity index (χ2n) is 8.76. The van der Waals surface area contributed by atoms with Crippen molar-refractivity contribution in [1.82, 2.24) is 15.1 Å². The molecule has 0 unspecified atom stereocenters. The van der Waals surface area contributed by atoms with Crippen LogP contribution in [0.1, 0.15) is 33.4 Å². The molecule has 3 aromatic rings. The largest absolute Gasteiger partial charge is 0.494 e. The van der Waals surface area contributed by atoms with Crippen LogP contribution in [-0.4, -0.2) is 74.1 Å². The highest BCUT2D eigenvalue weighted by molar-refractivity contribution is 7.92. The molecule has 0 spiro atoms. The van der Waals surface area contributed by atoms with Gasteiger partial charge in [0.2, 0.25) is 15.2 Å². The number of carbonyl (C=O) groups excluding carboxylic acids is 3. The Morgan fingerprint density at radius 1 is 0.947 bits per heavy atom. The summed E-state index contributed by atoms with van der Waals surface area (Å²) in [5.41, 5.74) is 1.33. The Bertz CT molecular complexity index is 1380. The minimum atomic E-state index is -4.29. The second-order valence-corrected chi connectivity index (χ2v) is 10.8. The number of rotatable bonds is 8. The number of hydrogen-bond acceptors (Lipinski definition) is 7. The average Bonchev–Trinajstić information content (AvgIpc) is 3.47. The summed E-state index contributed by atoms with van der Waals surface area (Å²) in [5.74, 6) is -1.26. The van der Waals surface area contributed by atoms with Gasteiger partial charge in [-0.3, -0.25) is 14.4 Å². The molecular weight excluding hydrogens is 510 g/mol. The molecule has 1 saturated heterocycles. The van der Waals surface area contributed by atoms with Gasteiger partial charge in [0.1, 0.15) is 5.75 Å². The summed E-state index contributed by atoms with van der Waals surface area (Å²) in [6.07, 6.45) is 1.28. The fourth-order valence-corrected chi connectivity index (χ4v) is 5.54. The van der Waals surface area contributed by atoms with Crippen LogP contribution in [0.5, 0.6) is 5.75 Å². The Morgan fingerprint density at radius 2 is 1.58 bits per heavy atom. The van der Waals surface area contributed by atoms with E-state index in [2.05, 4.69) is 5.32 Å². The summed E-state index contributed by atoms with van der Waals surface area (Å²) in [6.45, 7) is 4.84. The van der Waals surface area contributed by atoms with Crippen molar-refractivity contribution in [3.8, 4) is 5.75 Å². The van der Waals surface area contributed by atoms with Crippen LogP contribution in [0.2, 0.25) is 0 Å². The van der Waals surface area contributed by atoms with Crippen molar-refractivity contribution in [1.29, 1.82) is 0 Å². The van der Waals surface area contributed by atoms with Crippen LogP contribution in [-0.2, 0) is 14.6 Å². The van der Waals surface area contributed by atoms with Crippen molar-refractivity contribution in [3.63, 3.8) is 0 Å². The first kappa shape index (κ1) is 26.9. The molecule has 1 aliphatic heterocycles. The number of hydrogen-bond donors (Lipinski definition) is 1. The highest BCUT2D eigenvalue weighted by Gasteiger charge is 2.40. The number of nitrogens with zero attached hydrogens (tertiary/aromatic N) is 2. The van der Waals surface area contributed by atoms with Gasteiger partial charge in [0, 0.05) is 31.7 Å². The van der Waals surface area contributed by atoms with E-state index in [4.69, 9.17) is 9.15 Å². The molecular formula is C27H29N3O7S. The maximum Gasteiger partial charge on any atom is 0.288 e. The molecule has 200 valence electrons. The van der Waals surface area contributed by atoms with Crippen molar-refractivity contribution in [3.05, 3.63) is 83.8 Å². The second kappa shape index (κ2) is 11.5. The Hall–Kier alpha value is -4.12. The predicted molar refractivity (Wildman–Crippen MR) is 138 cm³/mol. The fourth-order valence-electron chi connectivity index (χ4n) is 4.07. The molecule has 0 aliphatic carbocycles. The van der Waals surface area contributed by atoms with Crippen LogP contribution >= 0.6 is 0 Å². The zero-order chi connectivity index (χ0) is 27.3. The highest BCUT2D eigenvalue weighted by atomic mass is 32.2. The molecule has 4 rings (SSSR count). The maximum atomic E-state index is 13.5. The van der Waals surface area contributed by atoms with E-state index in [1.807, 2.05) is 13.8 Å². The van der Waals surface area contributed by atoms with Crippen LogP contribution in [0.3, 0.4) is 0 Å². The molecule has 1 atom stereocenters. The third-order valence-electron chi connectivity index (χ3n) is 6.18. The van der Waals surface area contributed by atoms with Crippen LogP contribution in [0.25, 0.3) is 0 Å². The Labute approximate surface area is 221 Å². The molecule has 0 bridgehead atoms. The van der Waals surface area contributed by atoms with Gasteiger partial charge in [0.15, 0.2) is 5.76 Å². The van der Waals surface area contributed by atoms with Crippen LogP contribution in [0.15, 0.2) is 76.2 Å². The van der Waals surface area contributed by atoms with Gasteiger partial charge in [0.05, 0.1) is 17.8 Å². The number of nitrogens with one attached hydrogen (secondary N) is 1. The zero-order valence-electron chi connectivity index (χ0n) is 21.1. The monoisotopic (exact) mass is 539 g/mol. The van der Waals surface area contributed by atoms with Gasteiger partial charge >= 0.3 is 0 Å². The number of carbonyl (C=O) groups is 3. The minimum Gasteiger partial charge on any atom is -0.494 e. The SMILES string of the molecule is CCOc1ccc(C(=O)N2CCN(C(=O)[C@@H](NC(=O)c3ccco3)S(=O)(=O)c3ccc(C)cc3)CC2)cc1. The molecule has 10 nitrogen and oxygen atoms in total. The molecule has 38 heavy (non-hydrogen) atoms. The summed E-state index contributed by atoms with van der Waals surface area (Å²) in [5, 5.41) is 0.476. The lowest BCUT2D eigenvalue weighted by molar-refractivity contribution is -0.132. The third-order valence-corrected chi connectivity index (χ3v) is 8.05. The van der Waals surface area contributed by atoms with E-state index in [0.717, 1.165) is 5.56 Å². The van der Waals surface area contributed by atoms with Crippen LogP contribution in [0, 0.1) is 6.92 Å². The van der Waals surface area contributed by atoms with Gasteiger partial charge in [-0.1, -0.05) is 17.7 Å². The van der Waals surface area contributed by atoms with Gasteiger partial charge in [-0.15, -0.1) is 0 Å². The van der Waals surface area contributed by atoms with E-state index in [1.54, 1.807) is 41.3 Å². The molecule has 1 N–H and O–H groups in total. The van der Waals surface area contributed by atoms with E-state index in [-0.39, 0.29) is 42.7 Å². The van der Waals surface area contributed by atoms with Crippen molar-refractivity contribution >= 4 is 27.6 Å².